The number of nitrogen functional groups attached to an aromatic ring is 1. The van der Waals surface area contributed by atoms with Gasteiger partial charge in [-0.15, -0.1) is 0 Å². The molecule has 21 heavy (non-hydrogen) atoms. The van der Waals surface area contributed by atoms with Crippen molar-refractivity contribution in [1.29, 1.82) is 0 Å². The molecular weight excluding hydrogens is 289 g/mol. The molecule has 3 aromatic rings. The largest absolute Gasteiger partial charge is 0.323 e. The van der Waals surface area contributed by atoms with Crippen molar-refractivity contribution >= 4 is 28.2 Å². The van der Waals surface area contributed by atoms with Crippen molar-refractivity contribution in [2.75, 3.05) is 5.43 Å². The second kappa shape index (κ2) is 5.31. The van der Waals surface area contributed by atoms with Crippen LogP contribution in [0.5, 0.6) is 0 Å². The van der Waals surface area contributed by atoms with Gasteiger partial charge in [-0.3, -0.25) is 5.84 Å². The Morgan fingerprint density at radius 2 is 1.86 bits per heavy atom. The van der Waals surface area contributed by atoms with Crippen LogP contribution >= 0.6 is 11.6 Å². The van der Waals surface area contributed by atoms with Crippen LogP contribution < -0.4 is 11.3 Å². The summed E-state index contributed by atoms with van der Waals surface area (Å²) in [7, 11) is 0. The van der Waals surface area contributed by atoms with E-state index in [4.69, 9.17) is 17.4 Å². The zero-order chi connectivity index (χ0) is 15.0. The predicted octanol–water partition coefficient (Wildman–Crippen LogP) is 4.29. The van der Waals surface area contributed by atoms with Crippen LogP contribution in [-0.4, -0.2) is 4.98 Å². The van der Waals surface area contributed by atoms with Gasteiger partial charge in [0.1, 0.15) is 11.3 Å². The second-order valence-corrected chi connectivity index (χ2v) is 5.13. The molecule has 0 spiro atoms. The number of hydrogen-bond donors (Lipinski definition) is 2. The van der Waals surface area contributed by atoms with E-state index in [1.165, 1.54) is 12.1 Å². The summed E-state index contributed by atoms with van der Waals surface area (Å²) in [5.74, 6) is 5.20. The molecule has 0 atom stereocenters. The number of hydrazine groups is 1. The molecule has 0 aliphatic rings. The third-order valence-corrected chi connectivity index (χ3v) is 3.79. The average molecular weight is 302 g/mol. The van der Waals surface area contributed by atoms with Crippen molar-refractivity contribution in [2.45, 2.75) is 6.92 Å². The van der Waals surface area contributed by atoms with Gasteiger partial charge in [0, 0.05) is 16.5 Å². The Morgan fingerprint density at radius 3 is 2.52 bits per heavy atom. The molecule has 0 aliphatic carbocycles. The first-order valence-corrected chi connectivity index (χ1v) is 6.81. The molecule has 1 aromatic heterocycles. The standard InChI is InChI=1S/C16H13ClFN3/c1-9-14(10-5-3-2-4-6-10)20-16-12(18)8-7-11(17)13(16)15(9)21-19/h2-8H,19H2,1H3,(H,20,21). The van der Waals surface area contributed by atoms with Crippen LogP contribution in [0.3, 0.4) is 0 Å². The van der Waals surface area contributed by atoms with Gasteiger partial charge in [0.15, 0.2) is 0 Å². The van der Waals surface area contributed by atoms with E-state index in [0.717, 1.165) is 11.1 Å². The van der Waals surface area contributed by atoms with Gasteiger partial charge >= 0.3 is 0 Å². The quantitative estimate of drug-likeness (QED) is 0.548. The summed E-state index contributed by atoms with van der Waals surface area (Å²) < 4.78 is 14.1. The highest BCUT2D eigenvalue weighted by Crippen LogP contribution is 2.37. The summed E-state index contributed by atoms with van der Waals surface area (Å²) in [6, 6.07) is 12.4. The molecule has 3 nitrogen and oxygen atoms in total. The van der Waals surface area contributed by atoms with E-state index in [2.05, 4.69) is 10.4 Å². The van der Waals surface area contributed by atoms with Crippen LogP contribution in [0.1, 0.15) is 5.56 Å². The summed E-state index contributed by atoms with van der Waals surface area (Å²) in [4.78, 5) is 4.46. The highest BCUT2D eigenvalue weighted by atomic mass is 35.5. The minimum absolute atomic E-state index is 0.208. The highest BCUT2D eigenvalue weighted by Gasteiger charge is 2.17. The predicted molar refractivity (Wildman–Crippen MR) is 84.7 cm³/mol. The fraction of sp³-hybridized carbons (Fsp3) is 0.0625. The first-order valence-electron chi connectivity index (χ1n) is 6.44. The van der Waals surface area contributed by atoms with Crippen LogP contribution in [0, 0.1) is 12.7 Å². The smallest absolute Gasteiger partial charge is 0.149 e. The van der Waals surface area contributed by atoms with Gasteiger partial charge in [0.25, 0.3) is 0 Å². The summed E-state index contributed by atoms with van der Waals surface area (Å²) in [6.45, 7) is 1.88. The van der Waals surface area contributed by atoms with Crippen LogP contribution in [0.4, 0.5) is 10.1 Å². The van der Waals surface area contributed by atoms with Crippen molar-refractivity contribution in [3.63, 3.8) is 0 Å². The Labute approximate surface area is 126 Å². The number of nitrogens with two attached hydrogens (primary N) is 1. The molecule has 0 fully saturated rings. The summed E-state index contributed by atoms with van der Waals surface area (Å²) >= 11 is 6.18. The van der Waals surface area contributed by atoms with E-state index in [1.54, 1.807) is 0 Å². The monoisotopic (exact) mass is 301 g/mol. The van der Waals surface area contributed by atoms with Crippen molar-refractivity contribution in [2.24, 2.45) is 5.84 Å². The number of aromatic nitrogens is 1. The third kappa shape index (κ3) is 2.22. The molecule has 0 amide bonds. The number of rotatable bonds is 2. The summed E-state index contributed by atoms with van der Waals surface area (Å²) in [5.41, 5.74) is 5.82. The number of hydrogen-bond acceptors (Lipinski definition) is 3. The lowest BCUT2D eigenvalue weighted by Gasteiger charge is -2.15. The second-order valence-electron chi connectivity index (χ2n) is 4.72. The molecule has 0 radical (unpaired) electrons. The Hall–Kier alpha value is -2.17. The highest BCUT2D eigenvalue weighted by molar-refractivity contribution is 6.36. The van der Waals surface area contributed by atoms with E-state index >= 15 is 0 Å². The van der Waals surface area contributed by atoms with E-state index in [-0.39, 0.29) is 5.52 Å². The number of nitrogens with zero attached hydrogens (tertiary/aromatic N) is 1. The van der Waals surface area contributed by atoms with E-state index < -0.39 is 5.82 Å². The SMILES string of the molecule is Cc1c(-c2ccccc2)nc2c(F)ccc(Cl)c2c1NN. The van der Waals surface area contributed by atoms with Crippen LogP contribution in [-0.2, 0) is 0 Å². The lowest BCUT2D eigenvalue weighted by atomic mass is 10.0. The van der Waals surface area contributed by atoms with E-state index in [0.29, 0.717) is 21.8 Å². The zero-order valence-electron chi connectivity index (χ0n) is 11.3. The minimum atomic E-state index is -0.428. The normalized spacial score (nSPS) is 10.9. The maximum atomic E-state index is 14.1. The number of nitrogens with one attached hydrogen (secondary N) is 1. The molecule has 1 heterocycles. The van der Waals surface area contributed by atoms with Crippen molar-refractivity contribution < 1.29 is 4.39 Å². The Bertz CT molecular complexity index is 819. The molecule has 3 N–H and O–H groups in total. The minimum Gasteiger partial charge on any atom is -0.323 e. The number of anilines is 1. The first kappa shape index (κ1) is 13.8. The molecule has 0 bridgehead atoms. The molecule has 0 saturated carbocycles. The first-order chi connectivity index (χ1) is 10.1. The Kier molecular flexibility index (Phi) is 3.49. The molecule has 0 aliphatic heterocycles. The maximum Gasteiger partial charge on any atom is 0.149 e. The van der Waals surface area contributed by atoms with Gasteiger partial charge in [-0.25, -0.2) is 9.37 Å². The number of fused-ring (bicyclic) bond motifs is 1. The third-order valence-electron chi connectivity index (χ3n) is 3.47. The van der Waals surface area contributed by atoms with Gasteiger partial charge < -0.3 is 5.43 Å². The number of benzene rings is 2. The lowest BCUT2D eigenvalue weighted by Crippen LogP contribution is -2.11. The molecule has 5 heteroatoms. The van der Waals surface area contributed by atoms with Crippen LogP contribution in [0.25, 0.3) is 22.2 Å². The van der Waals surface area contributed by atoms with Gasteiger partial charge in [0.2, 0.25) is 0 Å². The summed E-state index contributed by atoms with van der Waals surface area (Å²) in [6.07, 6.45) is 0. The molecule has 106 valence electrons. The molecule has 0 saturated heterocycles. The molecule has 0 unspecified atom stereocenters. The zero-order valence-corrected chi connectivity index (χ0v) is 12.1. The molecular formula is C16H13ClFN3. The van der Waals surface area contributed by atoms with E-state index in [9.17, 15) is 4.39 Å². The topological polar surface area (TPSA) is 50.9 Å². The lowest BCUT2D eigenvalue weighted by molar-refractivity contribution is 0.637. The molecule has 2 aromatic carbocycles. The van der Waals surface area contributed by atoms with Gasteiger partial charge in [-0.1, -0.05) is 41.9 Å². The van der Waals surface area contributed by atoms with E-state index in [1.807, 2.05) is 37.3 Å². The van der Waals surface area contributed by atoms with Crippen molar-refractivity contribution in [1.82, 2.24) is 4.98 Å². The fourth-order valence-electron chi connectivity index (χ4n) is 2.45. The van der Waals surface area contributed by atoms with Crippen LogP contribution in [0.15, 0.2) is 42.5 Å². The van der Waals surface area contributed by atoms with Gasteiger partial charge in [-0.05, 0) is 19.1 Å². The van der Waals surface area contributed by atoms with Crippen LogP contribution in [0.2, 0.25) is 5.02 Å². The molecule has 3 rings (SSSR count). The van der Waals surface area contributed by atoms with Gasteiger partial charge in [0.05, 0.1) is 16.4 Å². The van der Waals surface area contributed by atoms with Crippen molar-refractivity contribution in [3.8, 4) is 11.3 Å². The Morgan fingerprint density at radius 1 is 1.14 bits per heavy atom. The number of pyridine rings is 1. The van der Waals surface area contributed by atoms with Gasteiger partial charge in [-0.2, -0.15) is 0 Å². The Balaban J connectivity index is 2.44. The average Bonchev–Trinajstić information content (AvgIpc) is 2.51. The maximum absolute atomic E-state index is 14.1. The number of halogens is 2. The van der Waals surface area contributed by atoms with Crippen molar-refractivity contribution in [3.05, 3.63) is 58.9 Å². The fourth-order valence-corrected chi connectivity index (χ4v) is 2.69. The summed E-state index contributed by atoms with van der Waals surface area (Å²) in [5, 5.41) is 0.908.